The molecule has 0 saturated carbocycles. The topological polar surface area (TPSA) is 298 Å². The normalized spacial score (nSPS) is 9.85. The number of carboxylic acid groups (broad SMARTS) is 2. The van der Waals surface area contributed by atoms with Crippen molar-refractivity contribution in [3.8, 4) is 17.2 Å². The number of unbranched alkanes of at least 4 members (excludes halogenated alkanes) is 39. The van der Waals surface area contributed by atoms with E-state index < -0.39 is 35.8 Å². The predicted molar refractivity (Wildman–Crippen MR) is 414 cm³/mol. The summed E-state index contributed by atoms with van der Waals surface area (Å²) in [4.78, 5) is 79.3. The Bertz CT molecular complexity index is 2380. The van der Waals surface area contributed by atoms with Gasteiger partial charge in [0, 0.05) is 5.33 Å². The SMILES string of the molecule is CCCCCCCCCCCCCCCCBr.CCCCCCCCCCCCCCCCOc1cc(C(=O)O)cc(C(=O)O)c1.CCCCCCCCCCCCCCCCOc1cc(C(=O)OC)cc(C(=O)OC)c1.COC(=O)c1cc(O)cc(C(=O)OC)c1.I[I-]I.O=CO[O-].[H-].[K+].[K+].[K+].[OH-]. The van der Waals surface area contributed by atoms with Gasteiger partial charge in [0.05, 0.1) is 75.0 Å². The number of aromatic carboxylic acids is 2. The number of carboxylic acids is 2. The first-order chi connectivity index (χ1) is 48.0. The quantitative estimate of drug-likeness (QED) is 0.00545. The fraction of sp³-hybridized carbons (Fsp3) is 0.675. The van der Waals surface area contributed by atoms with Gasteiger partial charge in [-0.1, -0.05) is 287 Å². The van der Waals surface area contributed by atoms with E-state index in [9.17, 15) is 33.9 Å². The van der Waals surface area contributed by atoms with Crippen molar-refractivity contribution in [1.82, 2.24) is 0 Å². The Labute approximate surface area is 787 Å². The van der Waals surface area contributed by atoms with Crippen molar-refractivity contribution in [3.05, 3.63) is 88.0 Å². The molecule has 0 unspecified atom stereocenters. The molecule has 26 heteroatoms. The maximum Gasteiger partial charge on any atom is 1.00 e. The second kappa shape index (κ2) is 90.0. The van der Waals surface area contributed by atoms with E-state index in [4.69, 9.17) is 39.2 Å². The van der Waals surface area contributed by atoms with E-state index in [2.05, 4.69) is 88.3 Å². The monoisotopic (exact) mass is 1930 g/mol. The first-order valence-electron chi connectivity index (χ1n) is 36.3. The number of ether oxygens (including phenoxy) is 6. The van der Waals surface area contributed by atoms with Gasteiger partial charge in [-0.15, -0.1) is 0 Å². The van der Waals surface area contributed by atoms with E-state index in [0.717, 1.165) is 31.7 Å². The number of phenolic OH excluding ortho intramolecular Hbond substituents is 1. The number of alkyl halides is 1. The smallest absolute Gasteiger partial charge is 1.00 e. The molecule has 0 saturated heterocycles. The van der Waals surface area contributed by atoms with Gasteiger partial charge in [-0.2, -0.15) is 0 Å². The minimum atomic E-state index is -1.16. The van der Waals surface area contributed by atoms with E-state index in [1.807, 2.05) is 0 Å². The summed E-state index contributed by atoms with van der Waals surface area (Å²) in [6, 6.07) is 12.2. The molecule has 0 aliphatic carbocycles. The number of hydrogen-bond donors (Lipinski definition) is 3. The van der Waals surface area contributed by atoms with E-state index in [1.165, 1.54) is 314 Å². The van der Waals surface area contributed by atoms with Crippen LogP contribution in [0.5, 0.6) is 17.2 Å². The molecule has 0 aliphatic rings. The van der Waals surface area contributed by atoms with Crippen molar-refractivity contribution < 1.29 is 262 Å². The number of carbonyl (C=O) groups excluding carboxylic acids is 5. The third-order valence-electron chi connectivity index (χ3n) is 16.0. The van der Waals surface area contributed by atoms with Gasteiger partial charge >= 0.3 is 240 Å². The van der Waals surface area contributed by atoms with Crippen LogP contribution in [0.4, 0.5) is 0 Å². The third-order valence-corrected chi connectivity index (χ3v) is 16.5. The van der Waals surface area contributed by atoms with Crippen molar-refractivity contribution in [2.75, 3.05) is 47.0 Å². The summed E-state index contributed by atoms with van der Waals surface area (Å²) in [6.07, 6.45) is 56.6. The molecule has 0 atom stereocenters. The molecule has 19 nitrogen and oxygen atoms in total. The number of hydrogen-bond acceptors (Lipinski definition) is 17. The molecule has 0 bridgehead atoms. The molecule has 0 heterocycles. The molecule has 0 aromatic heterocycles. The van der Waals surface area contributed by atoms with Crippen LogP contribution in [0.1, 0.15) is 354 Å². The van der Waals surface area contributed by atoms with Crippen LogP contribution in [0.15, 0.2) is 54.6 Å². The maximum atomic E-state index is 11.8. The summed E-state index contributed by atoms with van der Waals surface area (Å²) in [7, 11) is 5.04. The summed E-state index contributed by atoms with van der Waals surface area (Å²) < 4.78 is 29.7. The van der Waals surface area contributed by atoms with Gasteiger partial charge in [0.15, 0.2) is 0 Å². The summed E-state index contributed by atoms with van der Waals surface area (Å²) >= 11 is 8.78. The summed E-state index contributed by atoms with van der Waals surface area (Å²) in [5, 5.41) is 37.0. The van der Waals surface area contributed by atoms with Gasteiger partial charge in [0.25, 0.3) is 6.47 Å². The molecule has 3 rings (SSSR count). The van der Waals surface area contributed by atoms with Crippen LogP contribution in [0.2, 0.25) is 0 Å². The third kappa shape index (κ3) is 75.3. The Kier molecular flexibility index (Phi) is 102. The Morgan fingerprint density at radius 3 is 0.767 bits per heavy atom. The van der Waals surface area contributed by atoms with Crippen molar-refractivity contribution >= 4 is 95.4 Å². The van der Waals surface area contributed by atoms with Gasteiger partial charge in [0.2, 0.25) is 0 Å². The first-order valence-corrected chi connectivity index (χ1v) is 50.0. The summed E-state index contributed by atoms with van der Waals surface area (Å²) in [5.74, 6) is -4.00. The van der Waals surface area contributed by atoms with Crippen LogP contribution in [0, 0.1) is 0 Å². The van der Waals surface area contributed by atoms with Crippen LogP contribution >= 0.6 is 53.2 Å². The molecule has 3 aromatic carbocycles. The van der Waals surface area contributed by atoms with Gasteiger partial charge in [-0.05, 0) is 73.9 Å². The second-order valence-corrected chi connectivity index (χ2v) is 41.3. The summed E-state index contributed by atoms with van der Waals surface area (Å²) in [6.45, 7) is 7.66. The van der Waals surface area contributed by atoms with Crippen LogP contribution in [0.25, 0.3) is 0 Å². The molecule has 4 N–H and O–H groups in total. The summed E-state index contributed by atoms with van der Waals surface area (Å²) in [5.41, 5.74) is 0.611. The molecule has 0 amide bonds. The van der Waals surface area contributed by atoms with Gasteiger partial charge in [0.1, 0.15) is 17.2 Å². The fourth-order valence-electron chi connectivity index (χ4n) is 10.4. The zero-order valence-corrected chi connectivity index (χ0v) is 81.9. The van der Waals surface area contributed by atoms with E-state index in [1.54, 1.807) is 12.1 Å². The maximum absolute atomic E-state index is 11.8. The zero-order chi connectivity index (χ0) is 74.2. The number of carbonyl (C=O) groups is 7. The van der Waals surface area contributed by atoms with Crippen LogP contribution in [0.3, 0.4) is 0 Å². The van der Waals surface area contributed by atoms with E-state index in [-0.39, 0.29) is 207 Å². The average Bonchev–Trinajstić information content (AvgIpc) is 0.865. The minimum Gasteiger partial charge on any atom is -1.00 e. The molecule has 0 radical (unpaired) electrons. The van der Waals surface area contributed by atoms with Gasteiger partial charge in [-0.3, -0.25) is 4.79 Å². The predicted octanol–water partition coefficient (Wildman–Crippen LogP) is 10.0. The van der Waals surface area contributed by atoms with Crippen molar-refractivity contribution in [2.45, 2.75) is 290 Å². The molecular weight excluding hydrogens is 1810 g/mol. The van der Waals surface area contributed by atoms with Crippen molar-refractivity contribution in [3.63, 3.8) is 0 Å². The number of aromatic hydroxyl groups is 1. The Morgan fingerprint density at radius 1 is 0.388 bits per heavy atom. The zero-order valence-electron chi connectivity index (χ0n) is 65.5. The van der Waals surface area contributed by atoms with E-state index >= 15 is 0 Å². The second-order valence-electron chi connectivity index (χ2n) is 24.3. The minimum absolute atomic E-state index is 0. The van der Waals surface area contributed by atoms with Crippen LogP contribution < -0.4 is 182 Å². The standard InChI is InChI=1S/C26H42O5.C24H38O5.C16H33Br.C10H10O5.CH2O3.I3.3K.H2O.H/c1-4-5-6-7-8-9-10-11-12-13-14-15-16-17-18-31-24-20-22(25(27)29-2)19-23(21-24)26(28)30-3;1-2-3-4-5-6-7-8-9-10-11-12-13-14-15-16-29-22-18-20(23(25)26)17-21(19-22)24(27)28;1-2-3-4-5-6-7-8-9-10-11-12-13-14-15-16-17;1-14-9(12)6-3-7(10(13)15-2)5-8(11)4-6;2-1-4-3;1-3-2;;;;;/h19-21H,4-18H2,1-3H3;17-19H,2-16H2,1H3,(H,25,26)(H,27,28);2-16H2,1H3;3-5,11H,1-2H3;1,3H;;;;;1H2;/q;;;;;-1;3*+1;;-1/p-2. The Morgan fingerprint density at radius 2 is 0.573 bits per heavy atom. The molecule has 0 aliphatic heterocycles. The van der Waals surface area contributed by atoms with Crippen molar-refractivity contribution in [2.24, 2.45) is 0 Å². The number of benzene rings is 3. The molecule has 0 spiro atoms. The first kappa shape index (κ1) is 117. The molecule has 3 aromatic rings. The van der Waals surface area contributed by atoms with Crippen molar-refractivity contribution in [1.29, 1.82) is 0 Å². The number of halogens is 4. The molecule has 580 valence electrons. The molecular formula is C77H126BrI3K3O19-. The van der Waals surface area contributed by atoms with Crippen LogP contribution in [-0.4, -0.2) is 110 Å². The molecule has 103 heavy (non-hydrogen) atoms. The van der Waals surface area contributed by atoms with Gasteiger partial charge < -0.3 is 60.8 Å². The number of esters is 4. The average molecular weight is 1930 g/mol. The number of rotatable bonds is 53. The number of methoxy groups -OCH3 is 4. The Balaban J connectivity index is -0.000000194. The van der Waals surface area contributed by atoms with Gasteiger partial charge in [-0.25, -0.2) is 28.8 Å². The number of phenols is 1. The largest absolute Gasteiger partial charge is 1.00 e. The van der Waals surface area contributed by atoms with Crippen LogP contribution in [-0.2, 0) is 28.6 Å². The van der Waals surface area contributed by atoms with E-state index in [0.29, 0.717) is 38.0 Å². The molecule has 0 fully saturated rings. The Hall–Kier alpha value is 0.849. The fourth-order valence-corrected chi connectivity index (χ4v) is 10.8.